The summed E-state index contributed by atoms with van der Waals surface area (Å²) in [5.41, 5.74) is 1.85. The van der Waals surface area contributed by atoms with E-state index in [-0.39, 0.29) is 11.9 Å². The van der Waals surface area contributed by atoms with E-state index in [4.69, 9.17) is 9.47 Å². The van der Waals surface area contributed by atoms with Gasteiger partial charge in [0, 0.05) is 33.7 Å². The molecule has 168 valence electrons. The van der Waals surface area contributed by atoms with E-state index in [1.807, 2.05) is 46.5 Å². The van der Waals surface area contributed by atoms with E-state index in [1.54, 1.807) is 7.05 Å². The number of carbonyl (C=O) groups excluding carboxylic acids is 2. The minimum atomic E-state index is -0.625. The largest absolute Gasteiger partial charge is 0.492 e. The number of aryl methyl sites for hydroxylation is 1. The molecular formula is C22H27N6O4+. The minimum Gasteiger partial charge on any atom is -0.492 e. The normalized spacial score (nSPS) is 21.0. The number of amides is 3. The Labute approximate surface area is 186 Å². The Balaban J connectivity index is 1.35. The van der Waals surface area contributed by atoms with Crippen LogP contribution in [-0.2, 0) is 9.53 Å². The van der Waals surface area contributed by atoms with Crippen molar-refractivity contribution in [1.82, 2.24) is 19.3 Å². The molecule has 0 saturated carbocycles. The summed E-state index contributed by atoms with van der Waals surface area (Å²) in [7, 11) is 3.14. The van der Waals surface area contributed by atoms with Crippen molar-refractivity contribution in [3.63, 3.8) is 0 Å². The predicted molar refractivity (Wildman–Crippen MR) is 116 cm³/mol. The molecule has 2 saturated heterocycles. The van der Waals surface area contributed by atoms with E-state index in [9.17, 15) is 9.59 Å². The van der Waals surface area contributed by atoms with Gasteiger partial charge in [0.2, 0.25) is 11.9 Å². The molecule has 1 atom stereocenters. The fraction of sp³-hybridized carbons (Fsp3) is 0.455. The molecule has 0 radical (unpaired) electrons. The number of likely N-dealkylation sites (N-methyl/N-ethyl adjacent to an activating group) is 2. The Morgan fingerprint density at radius 2 is 1.84 bits per heavy atom. The molecule has 0 spiro atoms. The van der Waals surface area contributed by atoms with Gasteiger partial charge in [-0.3, -0.25) is 19.5 Å². The second-order valence-electron chi connectivity index (χ2n) is 8.22. The highest BCUT2D eigenvalue weighted by molar-refractivity contribution is 6.18. The highest BCUT2D eigenvalue weighted by atomic mass is 16.5. The molecule has 3 aliphatic heterocycles. The third-order valence-electron chi connectivity index (χ3n) is 6.20. The van der Waals surface area contributed by atoms with Crippen LogP contribution in [0.5, 0.6) is 5.75 Å². The lowest BCUT2D eigenvalue weighted by Crippen LogP contribution is -2.61. The van der Waals surface area contributed by atoms with E-state index in [0.717, 1.165) is 54.9 Å². The number of carbonyl (C=O) groups is 2. The molecule has 3 amide bonds. The molecule has 5 rings (SSSR count). The molecule has 4 heterocycles. The van der Waals surface area contributed by atoms with Crippen LogP contribution in [-0.4, -0.2) is 90.6 Å². The van der Waals surface area contributed by atoms with Gasteiger partial charge < -0.3 is 9.47 Å². The molecule has 1 aromatic heterocycles. The summed E-state index contributed by atoms with van der Waals surface area (Å²) in [5.74, 6) is 1.59. The van der Waals surface area contributed by atoms with Gasteiger partial charge >= 0.3 is 12.0 Å². The molecule has 32 heavy (non-hydrogen) atoms. The first-order valence-corrected chi connectivity index (χ1v) is 10.8. The first-order chi connectivity index (χ1) is 15.5. The average molecular weight is 439 g/mol. The molecule has 0 N–H and O–H groups in total. The van der Waals surface area contributed by atoms with Gasteiger partial charge in [0.25, 0.3) is 5.91 Å². The monoisotopic (exact) mass is 439 g/mol. The zero-order valence-electron chi connectivity index (χ0n) is 18.5. The molecule has 3 aliphatic rings. The summed E-state index contributed by atoms with van der Waals surface area (Å²) in [6.07, 6.45) is 1.90. The summed E-state index contributed by atoms with van der Waals surface area (Å²) < 4.78 is 15.1. The summed E-state index contributed by atoms with van der Waals surface area (Å²) >= 11 is 0. The Morgan fingerprint density at radius 1 is 1.12 bits per heavy atom. The van der Waals surface area contributed by atoms with Gasteiger partial charge in [0.1, 0.15) is 29.9 Å². The van der Waals surface area contributed by atoms with Crippen molar-refractivity contribution >= 4 is 23.7 Å². The number of imidazole rings is 1. The first kappa shape index (κ1) is 20.7. The van der Waals surface area contributed by atoms with Crippen LogP contribution in [0.25, 0.3) is 5.69 Å². The van der Waals surface area contributed by atoms with Gasteiger partial charge in [-0.1, -0.05) is 4.99 Å². The third-order valence-corrected chi connectivity index (χ3v) is 6.20. The maximum Gasteiger partial charge on any atom is 0.406 e. The van der Waals surface area contributed by atoms with Crippen molar-refractivity contribution in [2.75, 3.05) is 53.6 Å². The zero-order chi connectivity index (χ0) is 22.4. The van der Waals surface area contributed by atoms with Crippen molar-refractivity contribution in [2.24, 2.45) is 4.99 Å². The number of fused-ring (bicyclic) bond motifs is 3. The van der Waals surface area contributed by atoms with Crippen LogP contribution in [0, 0.1) is 6.92 Å². The molecule has 10 heteroatoms. The molecule has 0 aliphatic carbocycles. The number of morpholine rings is 1. The van der Waals surface area contributed by atoms with Gasteiger partial charge in [0.05, 0.1) is 13.2 Å². The van der Waals surface area contributed by atoms with E-state index >= 15 is 0 Å². The quantitative estimate of drug-likeness (QED) is 0.647. The maximum atomic E-state index is 12.8. The number of rotatable bonds is 5. The summed E-state index contributed by atoms with van der Waals surface area (Å²) in [6, 6.07) is 6.83. The number of hydrogen-bond acceptors (Lipinski definition) is 6. The van der Waals surface area contributed by atoms with Crippen molar-refractivity contribution < 1.29 is 23.6 Å². The smallest absolute Gasteiger partial charge is 0.406 e. The van der Waals surface area contributed by atoms with Crippen molar-refractivity contribution in [2.45, 2.75) is 13.0 Å². The van der Waals surface area contributed by atoms with Crippen molar-refractivity contribution in [1.29, 1.82) is 0 Å². The number of hydrogen-bond donors (Lipinski definition) is 0. The molecule has 2 aromatic rings. The number of ether oxygens (including phenoxy) is 2. The number of imide groups is 1. The molecule has 0 bridgehead atoms. The second-order valence-corrected chi connectivity index (χ2v) is 8.22. The third kappa shape index (κ3) is 3.35. The molecule has 10 nitrogen and oxygen atoms in total. The van der Waals surface area contributed by atoms with Crippen LogP contribution >= 0.6 is 0 Å². The van der Waals surface area contributed by atoms with Crippen molar-refractivity contribution in [3.05, 3.63) is 36.2 Å². The maximum absolute atomic E-state index is 12.8. The van der Waals surface area contributed by atoms with E-state index < -0.39 is 6.04 Å². The number of aliphatic imine (C=N–C) groups is 1. The molecule has 1 aromatic carbocycles. The lowest BCUT2D eigenvalue weighted by molar-refractivity contribution is -0.676. The summed E-state index contributed by atoms with van der Waals surface area (Å²) in [6.45, 7) is 6.92. The van der Waals surface area contributed by atoms with E-state index in [0.29, 0.717) is 18.4 Å². The summed E-state index contributed by atoms with van der Waals surface area (Å²) in [5, 5.41) is 0. The number of amidine groups is 1. The second kappa shape index (κ2) is 8.03. The van der Waals surface area contributed by atoms with Gasteiger partial charge in [-0.2, -0.15) is 4.57 Å². The van der Waals surface area contributed by atoms with E-state index in [2.05, 4.69) is 9.89 Å². The van der Waals surface area contributed by atoms with Crippen LogP contribution in [0.4, 0.5) is 10.7 Å². The van der Waals surface area contributed by atoms with E-state index in [1.165, 1.54) is 11.9 Å². The molecular weight excluding hydrogens is 412 g/mol. The Kier molecular flexibility index (Phi) is 5.18. The van der Waals surface area contributed by atoms with Crippen LogP contribution < -0.4 is 9.30 Å². The van der Waals surface area contributed by atoms with Crippen LogP contribution in [0.15, 0.2) is 35.5 Å². The highest BCUT2D eigenvalue weighted by Crippen LogP contribution is 2.31. The van der Waals surface area contributed by atoms with Gasteiger partial charge in [-0.05, 0) is 31.2 Å². The SMILES string of the molecule is Cc1c[n+]2c(n1-c1ccc(OCCN3CCOCC3)cc1)N=C1C2C(=O)N(C)C(=O)N1C. The molecule has 2 fully saturated rings. The number of benzene rings is 1. The topological polar surface area (TPSA) is 83.5 Å². The standard InChI is InChI=1S/C22H27N6O4/c1-15-14-27-18-19(24(2)22(30)25(3)20(18)29)23-21(27)28(15)16-4-6-17(7-5-16)32-13-10-26-8-11-31-12-9-26/h4-7,14,18H,8-13H2,1-3H3/q+1. The van der Waals surface area contributed by atoms with Gasteiger partial charge in [-0.25, -0.2) is 9.36 Å². The lowest BCUT2D eigenvalue weighted by atomic mass is 10.2. The Hall–Kier alpha value is -3.24. The highest BCUT2D eigenvalue weighted by Gasteiger charge is 2.52. The van der Waals surface area contributed by atoms with Crippen LogP contribution in [0.3, 0.4) is 0 Å². The molecule has 1 unspecified atom stereocenters. The fourth-order valence-electron chi connectivity index (χ4n) is 4.39. The first-order valence-electron chi connectivity index (χ1n) is 10.8. The average Bonchev–Trinajstić information content (AvgIpc) is 3.32. The number of aromatic nitrogens is 2. The number of urea groups is 1. The minimum absolute atomic E-state index is 0.281. The Bertz CT molecular complexity index is 1090. The zero-order valence-corrected chi connectivity index (χ0v) is 18.5. The number of nitrogens with zero attached hydrogens (tertiary/aromatic N) is 6. The lowest BCUT2D eigenvalue weighted by Gasteiger charge is -2.30. The fourth-order valence-corrected chi connectivity index (χ4v) is 4.39. The Morgan fingerprint density at radius 3 is 2.56 bits per heavy atom. The van der Waals surface area contributed by atoms with Crippen LogP contribution in [0.1, 0.15) is 11.7 Å². The summed E-state index contributed by atoms with van der Waals surface area (Å²) in [4.78, 5) is 34.7. The van der Waals surface area contributed by atoms with Crippen LogP contribution in [0.2, 0.25) is 0 Å². The van der Waals surface area contributed by atoms with Crippen molar-refractivity contribution in [3.8, 4) is 11.4 Å². The van der Waals surface area contributed by atoms with Gasteiger partial charge in [-0.15, -0.1) is 0 Å². The predicted octanol–water partition coefficient (Wildman–Crippen LogP) is 0.893. The van der Waals surface area contributed by atoms with Gasteiger partial charge in [0.15, 0.2) is 0 Å².